The fourth-order valence-electron chi connectivity index (χ4n) is 4.98. The normalized spacial score (nSPS) is 48.0. The van der Waals surface area contributed by atoms with Crippen LogP contribution in [-0.2, 0) is 4.74 Å². The molecule has 4 fully saturated rings. The van der Waals surface area contributed by atoms with E-state index in [1.807, 2.05) is 0 Å². The van der Waals surface area contributed by atoms with E-state index in [2.05, 4.69) is 33.2 Å². The zero-order valence-corrected chi connectivity index (χ0v) is 14.6. The lowest BCUT2D eigenvalue weighted by atomic mass is 9.84. The summed E-state index contributed by atoms with van der Waals surface area (Å²) in [5.74, 6) is 0.302. The Morgan fingerprint density at radius 1 is 1.08 bits per heavy atom. The van der Waals surface area contributed by atoms with E-state index in [4.69, 9.17) is 4.74 Å². The van der Waals surface area contributed by atoms with Gasteiger partial charge in [0.05, 0.1) is 31.1 Å². The van der Waals surface area contributed by atoms with Crippen LogP contribution in [0.3, 0.4) is 0 Å². The van der Waals surface area contributed by atoms with Crippen molar-refractivity contribution in [2.75, 3.05) is 33.4 Å². The molecule has 0 radical (unpaired) electrons. The van der Waals surface area contributed by atoms with Gasteiger partial charge in [0.1, 0.15) is 6.17 Å². The number of fused-ring (bicyclic) bond motifs is 2. The van der Waals surface area contributed by atoms with Crippen LogP contribution >= 0.6 is 0 Å². The number of ether oxygens (including phenoxy) is 1. The number of hydrogen-bond acceptors (Lipinski definition) is 6. The maximum absolute atomic E-state index is 13.9. The van der Waals surface area contributed by atoms with Gasteiger partial charge in [-0.25, -0.2) is 4.39 Å². The maximum atomic E-state index is 13.9. The number of halogens is 1. The number of alkyl halides is 1. The fraction of sp³-hybridized carbons (Fsp3) is 1.00. The SMILES string of the molecule is CN1CC2CC(F)CCC2OCCNC2NCNC3CCC1NC32. The molecule has 0 spiro atoms. The lowest BCUT2D eigenvalue weighted by Gasteiger charge is -2.49. The minimum Gasteiger partial charge on any atom is -0.377 e. The first-order valence-corrected chi connectivity index (χ1v) is 9.63. The molecular formula is C17H32FN5O. The molecule has 1 aliphatic carbocycles. The van der Waals surface area contributed by atoms with Gasteiger partial charge in [0.25, 0.3) is 0 Å². The van der Waals surface area contributed by atoms with Crippen molar-refractivity contribution in [1.29, 1.82) is 0 Å². The van der Waals surface area contributed by atoms with Crippen LogP contribution in [0.2, 0.25) is 0 Å². The predicted octanol–water partition coefficient (Wildman–Crippen LogP) is -0.0321. The van der Waals surface area contributed by atoms with E-state index in [-0.39, 0.29) is 12.3 Å². The number of hydrogen-bond donors (Lipinski definition) is 4. The van der Waals surface area contributed by atoms with Crippen LogP contribution in [0.5, 0.6) is 0 Å². The highest BCUT2D eigenvalue weighted by Crippen LogP contribution is 2.31. The summed E-state index contributed by atoms with van der Waals surface area (Å²) in [5, 5.41) is 14.5. The van der Waals surface area contributed by atoms with E-state index in [9.17, 15) is 4.39 Å². The third-order valence-corrected chi connectivity index (χ3v) is 6.32. The van der Waals surface area contributed by atoms with Gasteiger partial charge in [-0.05, 0) is 39.2 Å². The number of rotatable bonds is 0. The second-order valence-corrected chi connectivity index (χ2v) is 7.93. The van der Waals surface area contributed by atoms with Gasteiger partial charge in [0.15, 0.2) is 0 Å². The Morgan fingerprint density at radius 3 is 2.92 bits per heavy atom. The molecule has 0 aromatic rings. The second-order valence-electron chi connectivity index (χ2n) is 7.93. The number of piperidine rings is 1. The quantitative estimate of drug-likeness (QED) is 0.496. The van der Waals surface area contributed by atoms with Crippen LogP contribution in [0.4, 0.5) is 4.39 Å². The van der Waals surface area contributed by atoms with Gasteiger partial charge >= 0.3 is 0 Å². The minimum absolute atomic E-state index is 0.203. The Bertz CT molecular complexity index is 428. The summed E-state index contributed by atoms with van der Waals surface area (Å²) in [6, 6.07) is 0.880. The lowest BCUT2D eigenvalue weighted by molar-refractivity contribution is -0.0479. The van der Waals surface area contributed by atoms with Gasteiger partial charge in [0, 0.05) is 31.7 Å². The Balaban J connectivity index is 1.49. The largest absolute Gasteiger partial charge is 0.377 e. The van der Waals surface area contributed by atoms with Crippen molar-refractivity contribution in [2.45, 2.75) is 68.8 Å². The third kappa shape index (κ3) is 3.61. The molecule has 4 N–H and O–H groups in total. The third-order valence-electron chi connectivity index (χ3n) is 6.32. The van der Waals surface area contributed by atoms with Gasteiger partial charge in [-0.2, -0.15) is 0 Å². The Labute approximate surface area is 144 Å². The molecule has 4 rings (SSSR count). The van der Waals surface area contributed by atoms with Gasteiger partial charge in [0.2, 0.25) is 0 Å². The first kappa shape index (κ1) is 17.1. The van der Waals surface area contributed by atoms with Crippen molar-refractivity contribution < 1.29 is 9.13 Å². The summed E-state index contributed by atoms with van der Waals surface area (Å²) in [6.07, 6.45) is 4.64. The molecule has 2 bridgehead atoms. The summed E-state index contributed by atoms with van der Waals surface area (Å²) in [6.45, 7) is 3.31. The molecule has 0 amide bonds. The molecule has 6 nitrogen and oxygen atoms in total. The van der Waals surface area contributed by atoms with Crippen LogP contribution in [0, 0.1) is 5.92 Å². The molecule has 1 saturated carbocycles. The average molecular weight is 341 g/mol. The van der Waals surface area contributed by atoms with E-state index < -0.39 is 6.17 Å². The molecule has 138 valence electrons. The summed E-state index contributed by atoms with van der Waals surface area (Å²) in [5.41, 5.74) is 0. The molecule has 4 aliphatic rings. The Morgan fingerprint density at radius 2 is 2.00 bits per heavy atom. The zero-order chi connectivity index (χ0) is 16.5. The summed E-state index contributed by atoms with van der Waals surface area (Å²) in [4.78, 5) is 2.39. The van der Waals surface area contributed by atoms with Crippen molar-refractivity contribution in [2.24, 2.45) is 5.92 Å². The highest BCUT2D eigenvalue weighted by Gasteiger charge is 2.40. The van der Waals surface area contributed by atoms with Crippen LogP contribution in [0.25, 0.3) is 0 Å². The first-order valence-electron chi connectivity index (χ1n) is 9.63. The van der Waals surface area contributed by atoms with Crippen molar-refractivity contribution in [1.82, 2.24) is 26.2 Å². The monoisotopic (exact) mass is 341 g/mol. The van der Waals surface area contributed by atoms with Crippen molar-refractivity contribution >= 4 is 0 Å². The molecular weight excluding hydrogens is 309 g/mol. The van der Waals surface area contributed by atoms with E-state index in [1.165, 1.54) is 6.42 Å². The molecule has 24 heavy (non-hydrogen) atoms. The van der Waals surface area contributed by atoms with Gasteiger partial charge in [-0.15, -0.1) is 0 Å². The molecule has 0 aromatic carbocycles. The predicted molar refractivity (Wildman–Crippen MR) is 91.3 cm³/mol. The highest BCUT2D eigenvalue weighted by atomic mass is 19.1. The van der Waals surface area contributed by atoms with Crippen LogP contribution in [0.15, 0.2) is 0 Å². The van der Waals surface area contributed by atoms with E-state index in [1.54, 1.807) is 0 Å². The smallest absolute Gasteiger partial charge is 0.101 e. The molecule has 7 atom stereocenters. The van der Waals surface area contributed by atoms with Gasteiger partial charge in [-0.1, -0.05) is 0 Å². The number of nitrogens with zero attached hydrogens (tertiary/aromatic N) is 1. The molecule has 7 unspecified atom stereocenters. The Hall–Kier alpha value is -0.310. The summed E-state index contributed by atoms with van der Waals surface area (Å²) < 4.78 is 20.1. The van der Waals surface area contributed by atoms with Crippen molar-refractivity contribution in [3.8, 4) is 0 Å². The zero-order valence-electron chi connectivity index (χ0n) is 14.6. The molecule has 3 saturated heterocycles. The molecule has 3 aliphatic heterocycles. The van der Waals surface area contributed by atoms with E-state index >= 15 is 0 Å². The van der Waals surface area contributed by atoms with Crippen LogP contribution < -0.4 is 21.3 Å². The molecule has 0 aromatic heterocycles. The van der Waals surface area contributed by atoms with Gasteiger partial charge < -0.3 is 4.74 Å². The summed E-state index contributed by atoms with van der Waals surface area (Å²) in [7, 11) is 2.18. The van der Waals surface area contributed by atoms with E-state index in [0.29, 0.717) is 43.6 Å². The van der Waals surface area contributed by atoms with E-state index in [0.717, 1.165) is 32.6 Å². The topological polar surface area (TPSA) is 60.6 Å². The standard InChI is InChI=1S/C17H32FN5O/c1-23-9-11-8-12(18)2-4-14(11)24-7-6-19-17-16-13(20-10-21-17)3-5-15(23)22-16/h11-17,19-22H,2-10H2,1H3. The minimum atomic E-state index is -0.658. The highest BCUT2D eigenvalue weighted by molar-refractivity contribution is 4.99. The van der Waals surface area contributed by atoms with Crippen molar-refractivity contribution in [3.63, 3.8) is 0 Å². The average Bonchev–Trinajstić information content (AvgIpc) is 2.59. The fourth-order valence-corrected chi connectivity index (χ4v) is 4.98. The number of nitrogens with one attached hydrogen (secondary N) is 4. The second kappa shape index (κ2) is 7.51. The summed E-state index contributed by atoms with van der Waals surface area (Å²) >= 11 is 0. The van der Waals surface area contributed by atoms with Crippen molar-refractivity contribution in [3.05, 3.63) is 0 Å². The lowest BCUT2D eigenvalue weighted by Crippen LogP contribution is -2.74. The molecule has 7 heteroatoms. The first-order chi connectivity index (χ1) is 11.7. The maximum Gasteiger partial charge on any atom is 0.101 e. The van der Waals surface area contributed by atoms with Crippen LogP contribution in [0.1, 0.15) is 32.1 Å². The molecule has 3 heterocycles. The van der Waals surface area contributed by atoms with Crippen LogP contribution in [-0.4, -0.2) is 75.0 Å². The Kier molecular flexibility index (Phi) is 5.36. The van der Waals surface area contributed by atoms with Gasteiger partial charge in [-0.3, -0.25) is 26.2 Å².